The van der Waals surface area contributed by atoms with E-state index in [9.17, 15) is 0 Å². The zero-order chi connectivity index (χ0) is 13.1. The molecule has 1 heterocycles. The third kappa shape index (κ3) is 3.09. The maximum atomic E-state index is 6.21. The number of hydrogen-bond donors (Lipinski definition) is 1. The molecule has 0 aliphatic heterocycles. The van der Waals surface area contributed by atoms with Gasteiger partial charge in [0.25, 0.3) is 0 Å². The van der Waals surface area contributed by atoms with Gasteiger partial charge in [0.05, 0.1) is 11.1 Å². The minimum absolute atomic E-state index is 0.218. The molecule has 0 aliphatic rings. The molecule has 0 radical (unpaired) electrons. The molecule has 0 bridgehead atoms. The second-order valence-corrected chi connectivity index (χ2v) is 6.18. The van der Waals surface area contributed by atoms with Gasteiger partial charge >= 0.3 is 0 Å². The van der Waals surface area contributed by atoms with Gasteiger partial charge in [-0.3, -0.25) is 0 Å². The normalized spacial score (nSPS) is 12.7. The summed E-state index contributed by atoms with van der Waals surface area (Å²) in [5.41, 5.74) is 0.923. The van der Waals surface area contributed by atoms with E-state index in [4.69, 9.17) is 11.6 Å². The first kappa shape index (κ1) is 13.9. The Labute approximate surface area is 124 Å². The van der Waals surface area contributed by atoms with Gasteiger partial charge < -0.3 is 5.32 Å². The van der Waals surface area contributed by atoms with Crippen LogP contribution in [0.2, 0.25) is 5.02 Å². The molecule has 1 aromatic carbocycles. The van der Waals surface area contributed by atoms with Crippen LogP contribution < -0.4 is 5.32 Å². The van der Waals surface area contributed by atoms with E-state index in [1.165, 1.54) is 0 Å². The highest BCUT2D eigenvalue weighted by Gasteiger charge is 2.14. The summed E-state index contributed by atoms with van der Waals surface area (Å²) in [6, 6.07) is 5.99. The summed E-state index contributed by atoms with van der Waals surface area (Å²) in [5, 5.41) is 14.3. The van der Waals surface area contributed by atoms with Crippen molar-refractivity contribution in [3.63, 3.8) is 0 Å². The van der Waals surface area contributed by atoms with Gasteiger partial charge in [0.15, 0.2) is 0 Å². The Balaban J connectivity index is 2.29. The summed E-state index contributed by atoms with van der Waals surface area (Å²) in [6.45, 7) is 5.07. The number of rotatable bonds is 4. The van der Waals surface area contributed by atoms with Gasteiger partial charge in [-0.1, -0.05) is 45.8 Å². The highest BCUT2D eigenvalue weighted by Crippen LogP contribution is 2.33. The molecule has 0 amide bonds. The number of benzene rings is 1. The van der Waals surface area contributed by atoms with Crippen molar-refractivity contribution in [2.75, 3.05) is 6.54 Å². The summed E-state index contributed by atoms with van der Waals surface area (Å²) in [4.78, 5) is 0. The van der Waals surface area contributed by atoms with Crippen molar-refractivity contribution >= 4 is 38.9 Å². The van der Waals surface area contributed by atoms with Crippen LogP contribution >= 0.6 is 38.9 Å². The Morgan fingerprint density at radius 3 is 2.89 bits per heavy atom. The Morgan fingerprint density at radius 1 is 1.44 bits per heavy atom. The molecule has 0 saturated carbocycles. The van der Waals surface area contributed by atoms with Crippen LogP contribution in [-0.2, 0) is 0 Å². The lowest BCUT2D eigenvalue weighted by Gasteiger charge is -2.06. The van der Waals surface area contributed by atoms with Gasteiger partial charge in [0.1, 0.15) is 10.0 Å². The Bertz CT molecular complexity index is 544. The van der Waals surface area contributed by atoms with E-state index in [0.29, 0.717) is 5.02 Å². The summed E-state index contributed by atoms with van der Waals surface area (Å²) < 4.78 is 0.960. The summed E-state index contributed by atoms with van der Waals surface area (Å²) in [6.07, 6.45) is 0. The van der Waals surface area contributed by atoms with Crippen LogP contribution in [0.3, 0.4) is 0 Å². The number of aromatic nitrogens is 2. The molecule has 3 nitrogen and oxygen atoms in total. The highest BCUT2D eigenvalue weighted by atomic mass is 79.9. The van der Waals surface area contributed by atoms with Gasteiger partial charge in [-0.15, -0.1) is 10.2 Å². The number of hydrogen-bond acceptors (Lipinski definition) is 4. The van der Waals surface area contributed by atoms with Crippen molar-refractivity contribution in [1.82, 2.24) is 15.5 Å². The van der Waals surface area contributed by atoms with E-state index in [-0.39, 0.29) is 6.04 Å². The Kier molecular flexibility index (Phi) is 4.72. The second kappa shape index (κ2) is 6.10. The van der Waals surface area contributed by atoms with E-state index in [2.05, 4.69) is 45.3 Å². The fourth-order valence-electron chi connectivity index (χ4n) is 1.57. The predicted molar refractivity (Wildman–Crippen MR) is 80.1 cm³/mol. The van der Waals surface area contributed by atoms with Gasteiger partial charge in [0, 0.05) is 10.0 Å². The SMILES string of the molecule is CCNC(C)c1nnc(-c2ccc(Br)cc2Cl)s1. The zero-order valence-corrected chi connectivity index (χ0v) is 13.2. The van der Waals surface area contributed by atoms with Crippen LogP contribution in [0.1, 0.15) is 24.9 Å². The van der Waals surface area contributed by atoms with E-state index < -0.39 is 0 Å². The largest absolute Gasteiger partial charge is 0.308 e. The van der Waals surface area contributed by atoms with E-state index in [1.54, 1.807) is 11.3 Å². The highest BCUT2D eigenvalue weighted by molar-refractivity contribution is 9.10. The van der Waals surface area contributed by atoms with Crippen LogP contribution in [0.5, 0.6) is 0 Å². The first-order chi connectivity index (χ1) is 8.61. The summed E-state index contributed by atoms with van der Waals surface area (Å²) in [7, 11) is 0. The average molecular weight is 347 g/mol. The van der Waals surface area contributed by atoms with Crippen LogP contribution in [0, 0.1) is 0 Å². The summed E-state index contributed by atoms with van der Waals surface area (Å²) in [5.74, 6) is 0. The van der Waals surface area contributed by atoms with Crippen molar-refractivity contribution < 1.29 is 0 Å². The van der Waals surface area contributed by atoms with Crippen LogP contribution in [0.25, 0.3) is 10.6 Å². The molecule has 96 valence electrons. The first-order valence-electron chi connectivity index (χ1n) is 5.64. The lowest BCUT2D eigenvalue weighted by molar-refractivity contribution is 0.590. The molecule has 0 fully saturated rings. The minimum Gasteiger partial charge on any atom is -0.308 e. The van der Waals surface area contributed by atoms with Gasteiger partial charge in [-0.2, -0.15) is 0 Å². The van der Waals surface area contributed by atoms with Gasteiger partial charge in [-0.25, -0.2) is 0 Å². The maximum Gasteiger partial charge on any atom is 0.149 e. The molecule has 1 aromatic heterocycles. The number of nitrogens with zero attached hydrogens (tertiary/aromatic N) is 2. The third-order valence-corrected chi connectivity index (χ3v) is 4.43. The van der Waals surface area contributed by atoms with Gasteiger partial charge in [-0.05, 0) is 31.7 Å². The van der Waals surface area contributed by atoms with E-state index in [0.717, 1.165) is 26.6 Å². The molecular weight excluding hydrogens is 334 g/mol. The Hall–Kier alpha value is -0.490. The van der Waals surface area contributed by atoms with Crippen LogP contribution in [0.15, 0.2) is 22.7 Å². The lowest BCUT2D eigenvalue weighted by atomic mass is 10.2. The lowest BCUT2D eigenvalue weighted by Crippen LogP contribution is -2.17. The number of nitrogens with one attached hydrogen (secondary N) is 1. The minimum atomic E-state index is 0.218. The predicted octanol–water partition coefficient (Wildman–Crippen LogP) is 4.29. The monoisotopic (exact) mass is 345 g/mol. The van der Waals surface area contributed by atoms with E-state index in [1.807, 2.05) is 18.2 Å². The maximum absolute atomic E-state index is 6.21. The van der Waals surface area contributed by atoms with Crippen molar-refractivity contribution in [3.8, 4) is 10.6 Å². The summed E-state index contributed by atoms with van der Waals surface area (Å²) >= 11 is 11.2. The molecule has 0 spiro atoms. The average Bonchev–Trinajstić information content (AvgIpc) is 2.78. The third-order valence-electron chi connectivity index (χ3n) is 2.48. The molecule has 6 heteroatoms. The molecule has 1 unspecified atom stereocenters. The second-order valence-electron chi connectivity index (χ2n) is 3.85. The zero-order valence-electron chi connectivity index (χ0n) is 10.1. The smallest absolute Gasteiger partial charge is 0.149 e. The van der Waals surface area contributed by atoms with Gasteiger partial charge in [0.2, 0.25) is 0 Å². The first-order valence-corrected chi connectivity index (χ1v) is 7.62. The molecule has 1 N–H and O–H groups in total. The van der Waals surface area contributed by atoms with Crippen molar-refractivity contribution in [3.05, 3.63) is 32.7 Å². The molecule has 2 rings (SSSR count). The molecule has 0 aliphatic carbocycles. The fourth-order valence-corrected chi connectivity index (χ4v) is 3.30. The standard InChI is InChI=1S/C12H13BrClN3S/c1-3-15-7(2)11-16-17-12(18-11)9-5-4-8(13)6-10(9)14/h4-7,15H,3H2,1-2H3. The number of halogens is 2. The topological polar surface area (TPSA) is 37.8 Å². The van der Waals surface area contributed by atoms with Crippen molar-refractivity contribution in [1.29, 1.82) is 0 Å². The van der Waals surface area contributed by atoms with Crippen LogP contribution in [-0.4, -0.2) is 16.7 Å². The quantitative estimate of drug-likeness (QED) is 0.897. The van der Waals surface area contributed by atoms with Crippen molar-refractivity contribution in [2.24, 2.45) is 0 Å². The fraction of sp³-hybridized carbons (Fsp3) is 0.333. The molecule has 2 aromatic rings. The molecule has 0 saturated heterocycles. The molecule has 18 heavy (non-hydrogen) atoms. The van der Waals surface area contributed by atoms with Crippen LogP contribution in [0.4, 0.5) is 0 Å². The molecular formula is C12H13BrClN3S. The van der Waals surface area contributed by atoms with Crippen molar-refractivity contribution in [2.45, 2.75) is 19.9 Å². The molecule has 1 atom stereocenters. The Morgan fingerprint density at radius 2 is 2.22 bits per heavy atom. The van der Waals surface area contributed by atoms with E-state index >= 15 is 0 Å².